The van der Waals surface area contributed by atoms with Crippen LogP contribution in [0.2, 0.25) is 0 Å². The molecule has 0 aliphatic rings. The molecule has 0 unspecified atom stereocenters. The molecule has 2 aromatic heterocycles. The molecular formula is C21H32N4S2. The van der Waals surface area contributed by atoms with Gasteiger partial charge >= 0.3 is 0 Å². The highest BCUT2D eigenvalue weighted by Gasteiger charge is 2.02. The number of hydrogen-bond donors (Lipinski definition) is 0. The molecule has 0 amide bonds. The molecule has 0 aliphatic heterocycles. The molecule has 0 aliphatic carbocycles. The second-order valence-corrected chi connectivity index (χ2v) is 9.14. The third kappa shape index (κ3) is 8.60. The van der Waals surface area contributed by atoms with Gasteiger partial charge in [-0.3, -0.25) is 0 Å². The van der Waals surface area contributed by atoms with E-state index in [0.29, 0.717) is 0 Å². The lowest BCUT2D eigenvalue weighted by molar-refractivity contribution is 0.605. The van der Waals surface area contributed by atoms with Crippen LogP contribution in [0.3, 0.4) is 0 Å². The molecule has 2 aromatic rings. The zero-order chi connectivity index (χ0) is 19.5. The van der Waals surface area contributed by atoms with Gasteiger partial charge in [-0.1, -0.05) is 55.6 Å². The number of aryl methyl sites for hydroxylation is 4. The second-order valence-electron chi connectivity index (χ2n) is 7.01. The van der Waals surface area contributed by atoms with Crippen LogP contribution in [0.1, 0.15) is 67.5 Å². The summed E-state index contributed by atoms with van der Waals surface area (Å²) in [7, 11) is 0. The first-order chi connectivity index (χ1) is 13.1. The van der Waals surface area contributed by atoms with E-state index in [1.807, 2.05) is 12.4 Å². The summed E-state index contributed by atoms with van der Waals surface area (Å²) in [5, 5.41) is 1.84. The standard InChI is InChI=1S/C21H32N4S2/c1-16-14-22-20(24-18(16)3)26-12-10-8-6-5-7-9-11-13-27-21-23-15-17(2)19(4)25-21/h14-15H,5-13H2,1-4H3. The van der Waals surface area contributed by atoms with Crippen LogP contribution in [0, 0.1) is 27.7 Å². The van der Waals surface area contributed by atoms with Crippen LogP contribution < -0.4 is 0 Å². The zero-order valence-corrected chi connectivity index (χ0v) is 18.8. The minimum Gasteiger partial charge on any atom is -0.231 e. The minimum absolute atomic E-state index is 0.920. The van der Waals surface area contributed by atoms with Gasteiger partial charge in [0.2, 0.25) is 0 Å². The summed E-state index contributed by atoms with van der Waals surface area (Å²) in [4.78, 5) is 17.8. The number of aromatic nitrogens is 4. The van der Waals surface area contributed by atoms with Crippen molar-refractivity contribution >= 4 is 23.5 Å². The molecule has 0 aromatic carbocycles. The smallest absolute Gasteiger partial charge is 0.187 e. The molecule has 0 N–H and O–H groups in total. The maximum absolute atomic E-state index is 4.52. The molecule has 2 heterocycles. The van der Waals surface area contributed by atoms with Gasteiger partial charge < -0.3 is 0 Å². The van der Waals surface area contributed by atoms with Gasteiger partial charge in [-0.05, 0) is 51.7 Å². The monoisotopic (exact) mass is 404 g/mol. The Kier molecular flexibility index (Phi) is 10.1. The van der Waals surface area contributed by atoms with E-state index in [4.69, 9.17) is 0 Å². The fraction of sp³-hybridized carbons (Fsp3) is 0.619. The topological polar surface area (TPSA) is 51.6 Å². The van der Waals surface area contributed by atoms with Crippen molar-refractivity contribution in [1.82, 2.24) is 19.9 Å². The Balaban J connectivity index is 1.42. The summed E-state index contributed by atoms with van der Waals surface area (Å²) in [6, 6.07) is 0. The van der Waals surface area contributed by atoms with E-state index in [1.54, 1.807) is 23.5 Å². The van der Waals surface area contributed by atoms with Crippen molar-refractivity contribution in [2.75, 3.05) is 11.5 Å². The second kappa shape index (κ2) is 12.3. The summed E-state index contributed by atoms with van der Waals surface area (Å²) in [5.74, 6) is 2.24. The number of rotatable bonds is 12. The van der Waals surface area contributed by atoms with E-state index in [-0.39, 0.29) is 0 Å². The van der Waals surface area contributed by atoms with Gasteiger partial charge in [0.05, 0.1) is 0 Å². The highest BCUT2D eigenvalue weighted by Crippen LogP contribution is 2.19. The molecule has 0 saturated carbocycles. The fourth-order valence-corrected chi connectivity index (χ4v) is 4.29. The first-order valence-electron chi connectivity index (χ1n) is 9.92. The van der Waals surface area contributed by atoms with Crippen LogP contribution in [-0.2, 0) is 0 Å². The fourth-order valence-electron chi connectivity index (χ4n) is 2.57. The third-order valence-electron chi connectivity index (χ3n) is 4.66. The normalized spacial score (nSPS) is 11.1. The molecule has 148 valence electrons. The molecule has 27 heavy (non-hydrogen) atoms. The predicted octanol–water partition coefficient (Wildman–Crippen LogP) is 6.12. The van der Waals surface area contributed by atoms with E-state index in [0.717, 1.165) is 33.2 Å². The number of hydrogen-bond acceptors (Lipinski definition) is 6. The van der Waals surface area contributed by atoms with Crippen molar-refractivity contribution in [3.05, 3.63) is 34.9 Å². The lowest BCUT2D eigenvalue weighted by Gasteiger charge is -2.04. The SMILES string of the molecule is Cc1cnc(SCCCCCCCCCSc2ncc(C)c(C)n2)nc1C. The van der Waals surface area contributed by atoms with Crippen molar-refractivity contribution in [2.24, 2.45) is 0 Å². The largest absolute Gasteiger partial charge is 0.231 e. The van der Waals surface area contributed by atoms with Crippen molar-refractivity contribution in [3.8, 4) is 0 Å². The highest BCUT2D eigenvalue weighted by atomic mass is 32.2. The van der Waals surface area contributed by atoms with Gasteiger partial charge in [0.25, 0.3) is 0 Å². The summed E-state index contributed by atoms with van der Waals surface area (Å²) >= 11 is 3.56. The Bertz CT molecular complexity index is 647. The summed E-state index contributed by atoms with van der Waals surface area (Å²) in [6.07, 6.45) is 13.0. The van der Waals surface area contributed by atoms with Crippen molar-refractivity contribution in [2.45, 2.75) is 83.0 Å². The van der Waals surface area contributed by atoms with E-state index >= 15 is 0 Å². The van der Waals surface area contributed by atoms with Crippen molar-refractivity contribution in [3.63, 3.8) is 0 Å². The molecule has 6 heteroatoms. The summed E-state index contributed by atoms with van der Waals surface area (Å²) in [6.45, 7) is 8.21. The first kappa shape index (κ1) is 22.2. The Morgan fingerprint density at radius 2 is 0.963 bits per heavy atom. The molecule has 0 spiro atoms. The Morgan fingerprint density at radius 1 is 0.593 bits per heavy atom. The lowest BCUT2D eigenvalue weighted by atomic mass is 10.1. The number of thioether (sulfide) groups is 2. The van der Waals surface area contributed by atoms with Crippen LogP contribution in [0.4, 0.5) is 0 Å². The maximum Gasteiger partial charge on any atom is 0.187 e. The highest BCUT2D eigenvalue weighted by molar-refractivity contribution is 7.99. The molecular weight excluding hydrogens is 372 g/mol. The molecule has 0 radical (unpaired) electrons. The summed E-state index contributed by atoms with van der Waals surface area (Å²) < 4.78 is 0. The van der Waals surface area contributed by atoms with Crippen molar-refractivity contribution in [1.29, 1.82) is 0 Å². The average Bonchev–Trinajstić information content (AvgIpc) is 2.65. The van der Waals surface area contributed by atoms with Crippen LogP contribution in [-0.4, -0.2) is 31.4 Å². The minimum atomic E-state index is 0.920. The molecule has 0 saturated heterocycles. The maximum atomic E-state index is 4.52. The van der Waals surface area contributed by atoms with Gasteiger partial charge in [-0.15, -0.1) is 0 Å². The third-order valence-corrected chi connectivity index (χ3v) is 6.55. The lowest BCUT2D eigenvalue weighted by Crippen LogP contribution is -1.94. The van der Waals surface area contributed by atoms with E-state index in [2.05, 4.69) is 47.6 Å². The van der Waals surface area contributed by atoms with Crippen LogP contribution >= 0.6 is 23.5 Å². The van der Waals surface area contributed by atoms with Crippen LogP contribution in [0.5, 0.6) is 0 Å². The van der Waals surface area contributed by atoms with Crippen molar-refractivity contribution < 1.29 is 0 Å². The Hall–Kier alpha value is -1.14. The zero-order valence-electron chi connectivity index (χ0n) is 17.1. The van der Waals surface area contributed by atoms with Gasteiger partial charge in [-0.2, -0.15) is 0 Å². The average molecular weight is 405 g/mol. The van der Waals surface area contributed by atoms with E-state index in [1.165, 1.54) is 56.1 Å². The van der Waals surface area contributed by atoms with Crippen LogP contribution in [0.15, 0.2) is 22.7 Å². The number of unbranched alkanes of at least 4 members (excludes halogenated alkanes) is 6. The van der Waals surface area contributed by atoms with Gasteiger partial charge in [-0.25, -0.2) is 19.9 Å². The Morgan fingerprint density at radius 3 is 1.33 bits per heavy atom. The van der Waals surface area contributed by atoms with Gasteiger partial charge in [0, 0.05) is 35.3 Å². The molecule has 0 bridgehead atoms. The predicted molar refractivity (Wildman–Crippen MR) is 117 cm³/mol. The van der Waals surface area contributed by atoms with Gasteiger partial charge in [0.15, 0.2) is 10.3 Å². The van der Waals surface area contributed by atoms with Gasteiger partial charge in [0.1, 0.15) is 0 Å². The number of nitrogens with zero attached hydrogens (tertiary/aromatic N) is 4. The van der Waals surface area contributed by atoms with Crippen LogP contribution in [0.25, 0.3) is 0 Å². The first-order valence-corrected chi connectivity index (χ1v) is 11.9. The van der Waals surface area contributed by atoms with E-state index < -0.39 is 0 Å². The summed E-state index contributed by atoms with van der Waals surface area (Å²) in [5.41, 5.74) is 4.52. The molecule has 4 nitrogen and oxygen atoms in total. The van der Waals surface area contributed by atoms with E-state index in [9.17, 15) is 0 Å². The molecule has 2 rings (SSSR count). The molecule has 0 atom stereocenters. The Labute approximate surface area is 172 Å². The quantitative estimate of drug-likeness (QED) is 0.241. The molecule has 0 fully saturated rings.